The zero-order valence-corrected chi connectivity index (χ0v) is 10.7. The number of hydrogen-bond donors (Lipinski definition) is 1. The van der Waals surface area contributed by atoms with Gasteiger partial charge in [0.2, 0.25) is 0 Å². The number of nitrogens with zero attached hydrogens (tertiary/aromatic N) is 1. The van der Waals surface area contributed by atoms with Gasteiger partial charge >= 0.3 is 5.97 Å². The number of aliphatic carboxylic acids is 1. The van der Waals surface area contributed by atoms with E-state index in [2.05, 4.69) is 4.98 Å². The fourth-order valence-corrected chi connectivity index (χ4v) is 1.91. The molecule has 0 radical (unpaired) electrons. The predicted octanol–water partition coefficient (Wildman–Crippen LogP) is 3.08. The Kier molecular flexibility index (Phi) is 4.08. The highest BCUT2D eigenvalue weighted by Gasteiger charge is 2.01. The van der Waals surface area contributed by atoms with Crippen molar-refractivity contribution in [2.75, 3.05) is 0 Å². The van der Waals surface area contributed by atoms with E-state index in [0.29, 0.717) is 0 Å². The number of pyridine rings is 1. The highest BCUT2D eigenvalue weighted by atomic mass is 16.4. The Bertz CT molecular complexity index is 603. The first-order valence-corrected chi connectivity index (χ1v) is 6.04. The third kappa shape index (κ3) is 3.78. The van der Waals surface area contributed by atoms with Crippen LogP contribution in [0.1, 0.15) is 22.3 Å². The third-order valence-electron chi connectivity index (χ3n) is 2.90. The molecule has 1 heterocycles. The minimum Gasteiger partial charge on any atom is -0.478 e. The lowest BCUT2D eigenvalue weighted by Gasteiger charge is -2.06. The van der Waals surface area contributed by atoms with Crippen LogP contribution < -0.4 is 0 Å². The second-order valence-electron chi connectivity index (χ2n) is 4.40. The molecule has 3 nitrogen and oxygen atoms in total. The second-order valence-corrected chi connectivity index (χ2v) is 4.40. The molecule has 0 unspecified atom stereocenters. The molecule has 0 aliphatic heterocycles. The Morgan fingerprint density at radius 2 is 2.21 bits per heavy atom. The van der Waals surface area contributed by atoms with Crippen molar-refractivity contribution in [1.82, 2.24) is 4.98 Å². The van der Waals surface area contributed by atoms with E-state index in [1.807, 2.05) is 43.5 Å². The lowest BCUT2D eigenvalue weighted by molar-refractivity contribution is -0.131. The summed E-state index contributed by atoms with van der Waals surface area (Å²) in [6.45, 7) is 2.03. The molecule has 1 N–H and O–H groups in total. The fraction of sp³-hybridized carbons (Fsp3) is 0.125. The minimum atomic E-state index is -0.933. The molecule has 96 valence electrons. The first kappa shape index (κ1) is 13.0. The molecule has 19 heavy (non-hydrogen) atoms. The summed E-state index contributed by atoms with van der Waals surface area (Å²) in [7, 11) is 0. The molecule has 2 rings (SSSR count). The number of aromatic nitrogens is 1. The van der Waals surface area contributed by atoms with Gasteiger partial charge in [-0.25, -0.2) is 4.79 Å². The van der Waals surface area contributed by atoms with Gasteiger partial charge in [0, 0.05) is 18.5 Å². The normalized spacial score (nSPS) is 10.8. The fourth-order valence-electron chi connectivity index (χ4n) is 1.91. The van der Waals surface area contributed by atoms with Crippen molar-refractivity contribution in [3.8, 4) is 0 Å². The first-order chi connectivity index (χ1) is 9.15. The van der Waals surface area contributed by atoms with E-state index in [9.17, 15) is 4.79 Å². The van der Waals surface area contributed by atoms with Crippen molar-refractivity contribution in [1.29, 1.82) is 0 Å². The van der Waals surface area contributed by atoms with Crippen LogP contribution in [0.5, 0.6) is 0 Å². The first-order valence-electron chi connectivity index (χ1n) is 6.04. The van der Waals surface area contributed by atoms with Gasteiger partial charge in [0.05, 0.1) is 0 Å². The Morgan fingerprint density at radius 1 is 1.37 bits per heavy atom. The van der Waals surface area contributed by atoms with Crippen LogP contribution in [0.25, 0.3) is 6.08 Å². The number of aryl methyl sites for hydroxylation is 1. The van der Waals surface area contributed by atoms with Gasteiger partial charge in [-0.05, 0) is 47.7 Å². The lowest BCUT2D eigenvalue weighted by atomic mass is 9.99. The summed E-state index contributed by atoms with van der Waals surface area (Å²) in [4.78, 5) is 14.6. The van der Waals surface area contributed by atoms with Crippen molar-refractivity contribution in [3.63, 3.8) is 0 Å². The second kappa shape index (κ2) is 5.96. The summed E-state index contributed by atoms with van der Waals surface area (Å²) in [5.74, 6) is -0.933. The summed E-state index contributed by atoms with van der Waals surface area (Å²) >= 11 is 0. The molecule has 0 spiro atoms. The molecule has 0 aliphatic carbocycles. The standard InChI is InChI=1S/C16H15NO2/c1-12-9-13(5-7-16(18)19)4-6-15(12)10-14-3-2-8-17-11-14/h2-9,11H,10H2,1H3,(H,18,19)/b7-5+. The molecule has 0 saturated heterocycles. The highest BCUT2D eigenvalue weighted by Crippen LogP contribution is 2.16. The average molecular weight is 253 g/mol. The van der Waals surface area contributed by atoms with Crippen LogP contribution in [0.4, 0.5) is 0 Å². The Hall–Kier alpha value is -2.42. The maximum Gasteiger partial charge on any atom is 0.328 e. The van der Waals surface area contributed by atoms with Gasteiger partial charge in [0.15, 0.2) is 0 Å². The minimum absolute atomic E-state index is 0.836. The molecule has 0 aliphatic rings. The third-order valence-corrected chi connectivity index (χ3v) is 2.90. The Labute approximate surface area is 112 Å². The van der Waals surface area contributed by atoms with Gasteiger partial charge in [-0.1, -0.05) is 24.3 Å². The predicted molar refractivity (Wildman–Crippen MR) is 74.9 cm³/mol. The molecule has 0 saturated carbocycles. The molecule has 1 aromatic heterocycles. The number of carboxylic acid groups (broad SMARTS) is 1. The molecule has 0 amide bonds. The molecule has 0 fully saturated rings. The lowest BCUT2D eigenvalue weighted by Crippen LogP contribution is -1.93. The average Bonchev–Trinajstić information content (AvgIpc) is 2.40. The van der Waals surface area contributed by atoms with Crippen molar-refractivity contribution in [3.05, 3.63) is 71.1 Å². The van der Waals surface area contributed by atoms with E-state index in [1.54, 1.807) is 12.3 Å². The highest BCUT2D eigenvalue weighted by molar-refractivity contribution is 5.85. The molecular formula is C16H15NO2. The molecule has 0 bridgehead atoms. The van der Waals surface area contributed by atoms with E-state index in [0.717, 1.165) is 23.6 Å². The zero-order chi connectivity index (χ0) is 13.7. The van der Waals surface area contributed by atoms with Gasteiger partial charge in [0.1, 0.15) is 0 Å². The number of carboxylic acids is 1. The quantitative estimate of drug-likeness (QED) is 0.852. The van der Waals surface area contributed by atoms with Crippen LogP contribution >= 0.6 is 0 Å². The number of benzene rings is 1. The smallest absolute Gasteiger partial charge is 0.328 e. The van der Waals surface area contributed by atoms with Gasteiger partial charge in [-0.2, -0.15) is 0 Å². The van der Waals surface area contributed by atoms with Crippen LogP contribution in [0.15, 0.2) is 48.8 Å². The van der Waals surface area contributed by atoms with Crippen molar-refractivity contribution >= 4 is 12.0 Å². The summed E-state index contributed by atoms with van der Waals surface area (Å²) in [5, 5.41) is 8.60. The molecule has 2 aromatic rings. The van der Waals surface area contributed by atoms with E-state index in [4.69, 9.17) is 5.11 Å². The molecule has 1 aromatic carbocycles. The van der Waals surface area contributed by atoms with Crippen LogP contribution in [-0.2, 0) is 11.2 Å². The zero-order valence-electron chi connectivity index (χ0n) is 10.7. The van der Waals surface area contributed by atoms with Gasteiger partial charge in [0.25, 0.3) is 0 Å². The SMILES string of the molecule is Cc1cc(/C=C/C(=O)O)ccc1Cc1cccnc1. The summed E-state index contributed by atoms with van der Waals surface area (Å²) in [6.07, 6.45) is 7.20. The van der Waals surface area contributed by atoms with Crippen LogP contribution in [0.3, 0.4) is 0 Å². The topological polar surface area (TPSA) is 50.2 Å². The maximum absolute atomic E-state index is 10.5. The van der Waals surface area contributed by atoms with E-state index in [-0.39, 0.29) is 0 Å². The Balaban J connectivity index is 2.18. The van der Waals surface area contributed by atoms with Gasteiger partial charge in [-0.3, -0.25) is 4.98 Å². The van der Waals surface area contributed by atoms with E-state index in [1.165, 1.54) is 11.1 Å². The maximum atomic E-state index is 10.5. The summed E-state index contributed by atoms with van der Waals surface area (Å²) < 4.78 is 0. The summed E-state index contributed by atoms with van der Waals surface area (Å²) in [6, 6.07) is 9.92. The molecular weight excluding hydrogens is 238 g/mol. The van der Waals surface area contributed by atoms with Gasteiger partial charge < -0.3 is 5.11 Å². The van der Waals surface area contributed by atoms with Crippen LogP contribution in [0.2, 0.25) is 0 Å². The number of carbonyl (C=O) groups is 1. The molecule has 0 atom stereocenters. The van der Waals surface area contributed by atoms with E-state index >= 15 is 0 Å². The largest absolute Gasteiger partial charge is 0.478 e. The van der Waals surface area contributed by atoms with Crippen molar-refractivity contribution in [2.24, 2.45) is 0 Å². The monoisotopic (exact) mass is 253 g/mol. The van der Waals surface area contributed by atoms with Crippen molar-refractivity contribution in [2.45, 2.75) is 13.3 Å². The number of hydrogen-bond acceptors (Lipinski definition) is 2. The van der Waals surface area contributed by atoms with Gasteiger partial charge in [-0.15, -0.1) is 0 Å². The van der Waals surface area contributed by atoms with Crippen LogP contribution in [-0.4, -0.2) is 16.1 Å². The van der Waals surface area contributed by atoms with Crippen molar-refractivity contribution < 1.29 is 9.90 Å². The van der Waals surface area contributed by atoms with E-state index < -0.39 is 5.97 Å². The van der Waals surface area contributed by atoms with Crippen LogP contribution in [0, 0.1) is 6.92 Å². The summed E-state index contributed by atoms with van der Waals surface area (Å²) in [5.41, 5.74) is 4.44. The molecule has 3 heteroatoms. The number of rotatable bonds is 4. The Morgan fingerprint density at radius 3 is 2.84 bits per heavy atom.